The molecule has 1 saturated heterocycles. The Balaban J connectivity index is 1.27. The summed E-state index contributed by atoms with van der Waals surface area (Å²) in [5, 5.41) is 12.6. The van der Waals surface area contributed by atoms with Crippen LogP contribution in [-0.4, -0.2) is 29.2 Å². The van der Waals surface area contributed by atoms with Gasteiger partial charge in [0.25, 0.3) is 5.91 Å². The number of furan rings is 1. The Hall–Kier alpha value is -3.67. The number of nitrogens with zero attached hydrogens (tertiary/aromatic N) is 3. The maximum atomic E-state index is 12.5. The fraction of sp³-hybridized carbons (Fsp3) is 0.208. The van der Waals surface area contributed by atoms with E-state index >= 15 is 0 Å². The van der Waals surface area contributed by atoms with Crippen molar-refractivity contribution in [2.45, 2.75) is 19.3 Å². The van der Waals surface area contributed by atoms with Gasteiger partial charge < -0.3 is 14.6 Å². The van der Waals surface area contributed by atoms with E-state index in [1.165, 1.54) is 19.3 Å². The van der Waals surface area contributed by atoms with Crippen LogP contribution >= 0.6 is 0 Å². The molecule has 150 valence electrons. The highest BCUT2D eigenvalue weighted by Gasteiger charge is 2.14. The summed E-state index contributed by atoms with van der Waals surface area (Å²) in [6.45, 7) is 2.10. The van der Waals surface area contributed by atoms with Gasteiger partial charge >= 0.3 is 0 Å². The normalized spacial score (nSPS) is 14.1. The molecule has 1 aliphatic heterocycles. The fourth-order valence-corrected chi connectivity index (χ4v) is 3.78. The summed E-state index contributed by atoms with van der Waals surface area (Å²) in [4.78, 5) is 14.8. The van der Waals surface area contributed by atoms with Crippen LogP contribution < -0.4 is 10.2 Å². The van der Waals surface area contributed by atoms with E-state index in [0.29, 0.717) is 17.0 Å². The molecule has 30 heavy (non-hydrogen) atoms. The zero-order chi connectivity index (χ0) is 20.3. The number of hydrogen-bond acceptors (Lipinski definition) is 5. The van der Waals surface area contributed by atoms with Crippen LogP contribution in [0.2, 0.25) is 0 Å². The monoisotopic (exact) mass is 398 g/mol. The number of anilines is 2. The highest BCUT2D eigenvalue weighted by atomic mass is 16.3. The third-order valence-electron chi connectivity index (χ3n) is 5.42. The van der Waals surface area contributed by atoms with E-state index in [1.54, 1.807) is 6.07 Å². The summed E-state index contributed by atoms with van der Waals surface area (Å²) in [6.07, 6.45) is 3.72. The van der Waals surface area contributed by atoms with E-state index in [4.69, 9.17) is 4.42 Å². The Morgan fingerprint density at radius 2 is 1.70 bits per heavy atom. The molecule has 3 heterocycles. The predicted molar refractivity (Wildman–Crippen MR) is 118 cm³/mol. The quantitative estimate of drug-likeness (QED) is 0.516. The molecule has 0 saturated carbocycles. The molecule has 1 aliphatic rings. The van der Waals surface area contributed by atoms with Crippen molar-refractivity contribution in [1.82, 2.24) is 10.2 Å². The molecule has 5 rings (SSSR count). The van der Waals surface area contributed by atoms with Gasteiger partial charge in [0, 0.05) is 29.7 Å². The summed E-state index contributed by atoms with van der Waals surface area (Å²) in [5.74, 6) is 0.956. The van der Waals surface area contributed by atoms with Crippen molar-refractivity contribution < 1.29 is 9.21 Å². The van der Waals surface area contributed by atoms with Gasteiger partial charge in [-0.3, -0.25) is 4.79 Å². The minimum absolute atomic E-state index is 0.273. The van der Waals surface area contributed by atoms with Crippen molar-refractivity contribution in [3.05, 3.63) is 72.5 Å². The lowest BCUT2D eigenvalue weighted by atomic mass is 10.1. The molecule has 0 radical (unpaired) electrons. The summed E-state index contributed by atoms with van der Waals surface area (Å²) < 4.78 is 5.62. The highest BCUT2D eigenvalue weighted by molar-refractivity contribution is 6.04. The first-order chi connectivity index (χ1) is 14.8. The summed E-state index contributed by atoms with van der Waals surface area (Å²) in [7, 11) is 0. The molecule has 1 amide bonds. The molecule has 6 heteroatoms. The summed E-state index contributed by atoms with van der Waals surface area (Å²) in [6, 6.07) is 20.9. The number of fused-ring (bicyclic) bond motifs is 1. The minimum Gasteiger partial charge on any atom is -0.451 e. The third-order valence-corrected chi connectivity index (χ3v) is 5.42. The number of benzene rings is 2. The van der Waals surface area contributed by atoms with Crippen molar-refractivity contribution in [1.29, 1.82) is 0 Å². The number of hydrogen-bond donors (Lipinski definition) is 1. The van der Waals surface area contributed by atoms with Crippen molar-refractivity contribution in [3.63, 3.8) is 0 Å². The fourth-order valence-electron chi connectivity index (χ4n) is 3.78. The van der Waals surface area contributed by atoms with E-state index in [9.17, 15) is 4.79 Å². The van der Waals surface area contributed by atoms with Crippen molar-refractivity contribution in [2.75, 3.05) is 23.3 Å². The van der Waals surface area contributed by atoms with E-state index in [0.717, 1.165) is 35.6 Å². The van der Waals surface area contributed by atoms with Crippen LogP contribution in [0, 0.1) is 0 Å². The predicted octanol–water partition coefficient (Wildman–Crippen LogP) is 5.13. The Kier molecular flexibility index (Phi) is 4.89. The van der Waals surface area contributed by atoms with Gasteiger partial charge in [0.2, 0.25) is 0 Å². The van der Waals surface area contributed by atoms with E-state index in [2.05, 4.69) is 20.4 Å². The molecule has 1 fully saturated rings. The number of carbonyl (C=O) groups excluding carboxylic acids is 1. The van der Waals surface area contributed by atoms with Gasteiger partial charge in [-0.05, 0) is 55.7 Å². The standard InChI is InChI=1S/C24H22N4O2/c29-24(22-16-18-6-2-3-7-21(18)30-22)25-19-10-8-17(9-11-19)20-12-13-23(27-26-20)28-14-4-1-5-15-28/h2-3,6-13,16H,1,4-5,14-15H2,(H,25,29). The number of carbonyl (C=O) groups is 1. The smallest absolute Gasteiger partial charge is 0.291 e. The summed E-state index contributed by atoms with van der Waals surface area (Å²) in [5.41, 5.74) is 3.16. The van der Waals surface area contributed by atoms with Crippen LogP contribution in [0.1, 0.15) is 29.8 Å². The van der Waals surface area contributed by atoms with Crippen LogP contribution in [-0.2, 0) is 0 Å². The van der Waals surface area contributed by atoms with E-state index < -0.39 is 0 Å². The Morgan fingerprint density at radius 3 is 2.43 bits per heavy atom. The second kappa shape index (κ2) is 7.99. The van der Waals surface area contributed by atoms with Crippen LogP contribution in [0.15, 0.2) is 71.1 Å². The van der Waals surface area contributed by atoms with Gasteiger partial charge in [-0.25, -0.2) is 0 Å². The van der Waals surface area contributed by atoms with Crippen LogP contribution in [0.4, 0.5) is 11.5 Å². The number of nitrogens with one attached hydrogen (secondary N) is 1. The second-order valence-electron chi connectivity index (χ2n) is 7.50. The molecule has 0 aliphatic carbocycles. The zero-order valence-electron chi connectivity index (χ0n) is 16.5. The number of rotatable bonds is 4. The number of para-hydroxylation sites is 1. The van der Waals surface area contributed by atoms with E-state index in [1.807, 2.05) is 60.7 Å². The lowest BCUT2D eigenvalue weighted by Gasteiger charge is -2.27. The summed E-state index contributed by atoms with van der Waals surface area (Å²) >= 11 is 0. The zero-order valence-corrected chi connectivity index (χ0v) is 16.5. The molecular weight excluding hydrogens is 376 g/mol. The molecule has 2 aromatic carbocycles. The molecular formula is C24H22N4O2. The van der Waals surface area contributed by atoms with Crippen LogP contribution in [0.25, 0.3) is 22.2 Å². The molecule has 0 atom stereocenters. The first kappa shape index (κ1) is 18.4. The van der Waals surface area contributed by atoms with Gasteiger partial charge in [0.05, 0.1) is 5.69 Å². The maximum absolute atomic E-state index is 12.5. The first-order valence-corrected chi connectivity index (χ1v) is 10.3. The van der Waals surface area contributed by atoms with Gasteiger partial charge in [0.1, 0.15) is 5.58 Å². The first-order valence-electron chi connectivity index (χ1n) is 10.3. The van der Waals surface area contributed by atoms with Crippen LogP contribution in [0.3, 0.4) is 0 Å². The van der Waals surface area contributed by atoms with Gasteiger partial charge in [0.15, 0.2) is 11.6 Å². The lowest BCUT2D eigenvalue weighted by molar-refractivity contribution is 0.0998. The minimum atomic E-state index is -0.273. The number of amides is 1. The Labute approximate surface area is 174 Å². The number of aromatic nitrogens is 2. The lowest BCUT2D eigenvalue weighted by Crippen LogP contribution is -2.30. The molecule has 0 unspecified atom stereocenters. The Morgan fingerprint density at radius 1 is 0.900 bits per heavy atom. The third kappa shape index (κ3) is 3.76. The molecule has 4 aromatic rings. The molecule has 0 spiro atoms. The average molecular weight is 398 g/mol. The molecule has 2 aromatic heterocycles. The van der Waals surface area contributed by atoms with Crippen molar-refractivity contribution in [2.24, 2.45) is 0 Å². The Bertz CT molecular complexity index is 1130. The maximum Gasteiger partial charge on any atom is 0.291 e. The van der Waals surface area contributed by atoms with E-state index in [-0.39, 0.29) is 5.91 Å². The SMILES string of the molecule is O=C(Nc1ccc(-c2ccc(N3CCCCC3)nn2)cc1)c1cc2ccccc2o1. The van der Waals surface area contributed by atoms with Gasteiger partial charge in [-0.1, -0.05) is 30.3 Å². The molecule has 6 nitrogen and oxygen atoms in total. The van der Waals surface area contributed by atoms with Crippen molar-refractivity contribution >= 4 is 28.4 Å². The highest BCUT2D eigenvalue weighted by Crippen LogP contribution is 2.23. The van der Waals surface area contributed by atoms with Crippen LogP contribution in [0.5, 0.6) is 0 Å². The largest absolute Gasteiger partial charge is 0.451 e. The average Bonchev–Trinajstić information content (AvgIpc) is 3.25. The number of piperidine rings is 1. The van der Waals surface area contributed by atoms with Gasteiger partial charge in [-0.15, -0.1) is 10.2 Å². The van der Waals surface area contributed by atoms with Crippen molar-refractivity contribution in [3.8, 4) is 11.3 Å². The second-order valence-corrected chi connectivity index (χ2v) is 7.50. The molecule has 0 bridgehead atoms. The van der Waals surface area contributed by atoms with Gasteiger partial charge in [-0.2, -0.15) is 0 Å². The topological polar surface area (TPSA) is 71.3 Å². The molecule has 1 N–H and O–H groups in total.